The Hall–Kier alpha value is -0.424. The van der Waals surface area contributed by atoms with E-state index in [0.717, 1.165) is 0 Å². The maximum atomic E-state index is 12.3. The molecule has 1 fully saturated rings. The summed E-state index contributed by atoms with van der Waals surface area (Å²) in [6, 6.07) is 0. The zero-order valence-corrected chi connectivity index (χ0v) is 22.6. The zero-order valence-electron chi connectivity index (χ0n) is 18.7. The standard InChI is InChI=1S/C16H27N2O5Si.3CH3.Sn/c1-10-8-18(15(21)17-14(10)20)13-7-11(12(9-19)22-13)23-24(5,6)16(2,3)4;;;;/h8,11-13H,7,9H2,1-6H3,(H,17,20,21);3*1H3;/q-1;;;;+1/t11-,12+,13+;;;;/m0..../s1. The third-order valence-electron chi connectivity index (χ3n) is 5.57. The first-order valence-electron chi connectivity index (χ1n) is 9.90. The summed E-state index contributed by atoms with van der Waals surface area (Å²) in [6.07, 6.45) is 1.29. The Morgan fingerprint density at radius 2 is 1.89 bits per heavy atom. The van der Waals surface area contributed by atoms with Crippen molar-refractivity contribution in [2.45, 2.75) is 85.5 Å². The number of aromatic nitrogens is 2. The summed E-state index contributed by atoms with van der Waals surface area (Å²) in [6.45, 7) is 13.2. The van der Waals surface area contributed by atoms with E-state index < -0.39 is 39.0 Å². The molecule has 1 N–H and O–H groups in total. The molecule has 0 radical (unpaired) electrons. The molecule has 2 rings (SSSR count). The van der Waals surface area contributed by atoms with Crippen LogP contribution in [-0.2, 0) is 12.2 Å². The van der Waals surface area contributed by atoms with Crippen LogP contribution in [0.2, 0.25) is 33.0 Å². The summed E-state index contributed by atoms with van der Waals surface area (Å²) in [7, 11) is -2.01. The van der Waals surface area contributed by atoms with Crippen LogP contribution in [0.5, 0.6) is 0 Å². The summed E-state index contributed by atoms with van der Waals surface area (Å²) < 4.78 is 20.5. The van der Waals surface area contributed by atoms with Gasteiger partial charge in [-0.3, -0.25) is 0 Å². The molecule has 160 valence electrons. The summed E-state index contributed by atoms with van der Waals surface area (Å²) in [4.78, 5) is 33.0. The normalized spacial score (nSPS) is 24.0. The molecule has 1 aliphatic heterocycles. The molecule has 0 bridgehead atoms. The minimum atomic E-state index is -2.45. The van der Waals surface area contributed by atoms with Crippen molar-refractivity contribution in [3.05, 3.63) is 32.6 Å². The fraction of sp³-hybridized carbons (Fsp3) is 0.789. The Balaban J connectivity index is 2.29. The molecular formula is C19H36N2O5SiSn. The number of aryl methyl sites for hydroxylation is 1. The second kappa shape index (κ2) is 8.37. The van der Waals surface area contributed by atoms with Crippen molar-refractivity contribution < 1.29 is 12.2 Å². The van der Waals surface area contributed by atoms with Gasteiger partial charge in [0.15, 0.2) is 0 Å². The molecule has 1 aliphatic rings. The minimum absolute atomic E-state index is 0.0746. The van der Waals surface area contributed by atoms with Crippen LogP contribution in [0, 0.1) is 6.92 Å². The van der Waals surface area contributed by atoms with Gasteiger partial charge >= 0.3 is 174 Å². The van der Waals surface area contributed by atoms with Crippen molar-refractivity contribution in [3.8, 4) is 0 Å². The fourth-order valence-corrected chi connectivity index (χ4v) is 6.09. The van der Waals surface area contributed by atoms with Gasteiger partial charge in [-0.2, -0.15) is 0 Å². The molecule has 1 aromatic rings. The van der Waals surface area contributed by atoms with E-state index in [1.807, 2.05) is 0 Å². The van der Waals surface area contributed by atoms with E-state index in [-0.39, 0.29) is 22.8 Å². The molecule has 7 nitrogen and oxygen atoms in total. The fourth-order valence-electron chi connectivity index (χ4n) is 2.83. The van der Waals surface area contributed by atoms with Crippen molar-refractivity contribution in [2.75, 3.05) is 6.61 Å². The molecule has 0 aliphatic carbocycles. The molecule has 9 heteroatoms. The Labute approximate surface area is 173 Å². The van der Waals surface area contributed by atoms with Gasteiger partial charge in [-0.25, -0.2) is 0 Å². The Morgan fingerprint density at radius 3 is 2.43 bits per heavy atom. The molecule has 3 atom stereocenters. The van der Waals surface area contributed by atoms with Gasteiger partial charge in [-0.05, 0) is 0 Å². The average Bonchev–Trinajstić information content (AvgIpc) is 2.89. The average molecular weight is 519 g/mol. The predicted octanol–water partition coefficient (Wildman–Crippen LogP) is 3.37. The van der Waals surface area contributed by atoms with Gasteiger partial charge in [0, 0.05) is 0 Å². The van der Waals surface area contributed by atoms with E-state index in [4.69, 9.17) is 12.2 Å². The van der Waals surface area contributed by atoms with E-state index in [1.165, 1.54) is 4.57 Å². The number of ether oxygens (including phenoxy) is 1. The quantitative estimate of drug-likeness (QED) is 0.584. The van der Waals surface area contributed by atoms with Crippen molar-refractivity contribution in [3.63, 3.8) is 0 Å². The molecule has 1 aromatic heterocycles. The van der Waals surface area contributed by atoms with Crippen LogP contribution in [0.25, 0.3) is 0 Å². The maximum absolute atomic E-state index is 12.3. The van der Waals surface area contributed by atoms with Gasteiger partial charge in [0.25, 0.3) is 0 Å². The third-order valence-corrected chi connectivity index (χ3v) is 13.0. The molecule has 0 saturated carbocycles. The first-order chi connectivity index (χ1) is 12.6. The van der Waals surface area contributed by atoms with Gasteiger partial charge in [-0.1, -0.05) is 0 Å². The van der Waals surface area contributed by atoms with E-state index in [1.54, 1.807) is 13.1 Å². The van der Waals surface area contributed by atoms with Crippen LogP contribution >= 0.6 is 0 Å². The number of aromatic amines is 1. The topological polar surface area (TPSA) is 82.6 Å². The molecule has 0 aromatic carbocycles. The van der Waals surface area contributed by atoms with Gasteiger partial charge in [0.1, 0.15) is 0 Å². The number of nitrogens with one attached hydrogen (secondary N) is 1. The first kappa shape index (κ1) is 23.9. The van der Waals surface area contributed by atoms with Crippen LogP contribution in [0.15, 0.2) is 15.8 Å². The number of H-pyrrole nitrogens is 1. The first-order valence-corrected chi connectivity index (χ1v) is 22.5. The second-order valence-corrected chi connectivity index (χ2v) is 27.8. The van der Waals surface area contributed by atoms with Crippen molar-refractivity contribution in [2.24, 2.45) is 0 Å². The van der Waals surface area contributed by atoms with E-state index in [9.17, 15) is 9.59 Å². The molecule has 28 heavy (non-hydrogen) atoms. The number of rotatable bonds is 6. The van der Waals surface area contributed by atoms with Gasteiger partial charge in [0.2, 0.25) is 0 Å². The van der Waals surface area contributed by atoms with Crippen LogP contribution in [-0.4, -0.2) is 55.5 Å². The zero-order chi connectivity index (χ0) is 21.5. The van der Waals surface area contributed by atoms with Crippen LogP contribution in [0.4, 0.5) is 0 Å². The third kappa shape index (κ3) is 5.81. The summed E-state index contributed by atoms with van der Waals surface area (Å²) >= 11 is -2.45. The van der Waals surface area contributed by atoms with Crippen LogP contribution < -0.4 is 11.2 Å². The van der Waals surface area contributed by atoms with Crippen LogP contribution in [0.3, 0.4) is 0 Å². The Kier molecular flexibility index (Phi) is 7.13. The van der Waals surface area contributed by atoms with Gasteiger partial charge in [-0.15, -0.1) is 0 Å². The number of hydrogen-bond donors (Lipinski definition) is 1. The predicted molar refractivity (Wildman–Crippen MR) is 116 cm³/mol. The summed E-state index contributed by atoms with van der Waals surface area (Å²) in [5.74, 6) is 0. The van der Waals surface area contributed by atoms with E-state index in [2.05, 4.69) is 53.7 Å². The Bertz CT molecular complexity index is 806. The molecule has 1 saturated heterocycles. The van der Waals surface area contributed by atoms with Crippen molar-refractivity contribution in [1.29, 1.82) is 0 Å². The van der Waals surface area contributed by atoms with Crippen molar-refractivity contribution >= 4 is 27.1 Å². The van der Waals surface area contributed by atoms with Gasteiger partial charge < -0.3 is 0 Å². The molecule has 0 spiro atoms. The van der Waals surface area contributed by atoms with Crippen molar-refractivity contribution in [1.82, 2.24) is 9.55 Å². The number of hydrogen-bond acceptors (Lipinski definition) is 5. The monoisotopic (exact) mass is 520 g/mol. The van der Waals surface area contributed by atoms with E-state index >= 15 is 0 Å². The SMILES string of the molecule is Cc1cn([C@H]2C[C@H](O[Si](C)(C)C(C)(C)C)[C@@H](C[O][Sn]([CH3])([CH3])[CH3])O2)c(=O)[nH]c1=O. The van der Waals surface area contributed by atoms with E-state index in [0.29, 0.717) is 18.6 Å². The van der Waals surface area contributed by atoms with Crippen LogP contribution in [0.1, 0.15) is 39.0 Å². The summed E-state index contributed by atoms with van der Waals surface area (Å²) in [5.41, 5.74) is -0.339. The molecule has 0 amide bonds. The molecule has 0 unspecified atom stereocenters. The van der Waals surface area contributed by atoms with Gasteiger partial charge in [0.05, 0.1) is 0 Å². The Morgan fingerprint density at radius 1 is 1.29 bits per heavy atom. The summed E-state index contributed by atoms with van der Waals surface area (Å²) in [5, 5.41) is 0.0746. The molecule has 2 heterocycles. The second-order valence-electron chi connectivity index (χ2n) is 10.2. The number of nitrogens with zero attached hydrogens (tertiary/aromatic N) is 1. The molecular weight excluding hydrogens is 483 g/mol.